The molecule has 1 aromatic heterocycles. The van der Waals surface area contributed by atoms with Crippen LogP contribution in [0.2, 0.25) is 0 Å². The van der Waals surface area contributed by atoms with Crippen molar-refractivity contribution in [3.8, 4) is 11.5 Å². The molecule has 188 valence electrons. The van der Waals surface area contributed by atoms with Gasteiger partial charge in [0.2, 0.25) is 0 Å². The molecule has 3 unspecified atom stereocenters. The van der Waals surface area contributed by atoms with Crippen LogP contribution < -0.4 is 10.4 Å². The van der Waals surface area contributed by atoms with E-state index in [0.29, 0.717) is 17.4 Å². The smallest absolute Gasteiger partial charge is 0.339 e. The molecule has 2 aromatic rings. The molecule has 34 heavy (non-hydrogen) atoms. The van der Waals surface area contributed by atoms with E-state index in [2.05, 4.69) is 0 Å². The molecule has 9 nitrogen and oxygen atoms in total. The van der Waals surface area contributed by atoms with Gasteiger partial charge in [-0.3, -0.25) is 0 Å². The molecule has 1 aliphatic carbocycles. The minimum absolute atomic E-state index is 0.00490. The summed E-state index contributed by atoms with van der Waals surface area (Å²) < 4.78 is 17.4. The summed E-state index contributed by atoms with van der Waals surface area (Å²) >= 11 is 0. The first-order valence-corrected chi connectivity index (χ1v) is 11.5. The zero-order chi connectivity index (χ0) is 25.3. The van der Waals surface area contributed by atoms with E-state index in [0.717, 1.165) is 24.8 Å². The Balaban J connectivity index is 1.72. The quantitative estimate of drug-likeness (QED) is 0.413. The van der Waals surface area contributed by atoms with Crippen molar-refractivity contribution in [2.24, 2.45) is 0 Å². The minimum atomic E-state index is -2.12. The number of phenols is 1. The lowest BCUT2D eigenvalue weighted by molar-refractivity contribution is -0.405. The van der Waals surface area contributed by atoms with Crippen molar-refractivity contribution in [1.29, 1.82) is 0 Å². The summed E-state index contributed by atoms with van der Waals surface area (Å²) in [5.41, 5.74) is -8.07. The Morgan fingerprint density at radius 3 is 2.12 bits per heavy atom. The minimum Gasteiger partial charge on any atom is -0.504 e. The van der Waals surface area contributed by atoms with Gasteiger partial charge in [0.15, 0.2) is 11.5 Å². The first kappa shape index (κ1) is 24.9. The van der Waals surface area contributed by atoms with Crippen LogP contribution in [-0.2, 0) is 17.6 Å². The van der Waals surface area contributed by atoms with Gasteiger partial charge in [-0.15, -0.1) is 0 Å². The third kappa shape index (κ3) is 3.21. The molecule has 9 heteroatoms. The average Bonchev–Trinajstić information content (AvgIpc) is 2.77. The number of aliphatic hydroxyl groups is 4. The second-order valence-electron chi connectivity index (χ2n) is 10.6. The van der Waals surface area contributed by atoms with E-state index < -0.39 is 40.2 Å². The number of benzene rings is 1. The Kier molecular flexibility index (Phi) is 5.62. The van der Waals surface area contributed by atoms with E-state index >= 15 is 0 Å². The van der Waals surface area contributed by atoms with Crippen molar-refractivity contribution in [2.75, 3.05) is 13.2 Å². The fourth-order valence-electron chi connectivity index (χ4n) is 5.35. The second kappa shape index (κ2) is 7.66. The molecule has 0 amide bonds. The summed E-state index contributed by atoms with van der Waals surface area (Å²) in [7, 11) is 0. The molecule has 0 radical (unpaired) electrons. The van der Waals surface area contributed by atoms with Crippen LogP contribution in [-0.4, -0.2) is 66.8 Å². The number of ether oxygens (including phenoxy) is 2. The number of rotatable bonds is 4. The van der Waals surface area contributed by atoms with Gasteiger partial charge in [-0.2, -0.15) is 0 Å². The van der Waals surface area contributed by atoms with E-state index in [1.165, 1.54) is 46.8 Å². The van der Waals surface area contributed by atoms with Gasteiger partial charge in [0.25, 0.3) is 0 Å². The molecule has 1 fully saturated rings. The zero-order valence-corrected chi connectivity index (χ0v) is 20.3. The summed E-state index contributed by atoms with van der Waals surface area (Å²) in [5, 5.41) is 54.9. The molecule has 5 N–H and O–H groups in total. The second-order valence-corrected chi connectivity index (χ2v) is 10.6. The van der Waals surface area contributed by atoms with Crippen LogP contribution in [0.5, 0.6) is 11.5 Å². The molecule has 1 saturated heterocycles. The summed E-state index contributed by atoms with van der Waals surface area (Å²) in [6, 6.07) is 2.92. The average molecular weight is 479 g/mol. The van der Waals surface area contributed by atoms with Crippen LogP contribution in [0.15, 0.2) is 21.3 Å². The van der Waals surface area contributed by atoms with Crippen LogP contribution in [0.4, 0.5) is 0 Å². The fourth-order valence-corrected chi connectivity index (χ4v) is 5.35. The predicted octanol–water partition coefficient (Wildman–Crippen LogP) is 1.55. The number of fused-ring (bicyclic) bond motifs is 3. The van der Waals surface area contributed by atoms with Gasteiger partial charge in [-0.25, -0.2) is 4.79 Å². The highest BCUT2D eigenvalue weighted by Crippen LogP contribution is 2.53. The highest BCUT2D eigenvalue weighted by molar-refractivity contribution is 5.85. The number of phenolic OH excluding ortho intramolecular Hbond substituents is 1. The summed E-state index contributed by atoms with van der Waals surface area (Å²) in [4.78, 5) is 12.5. The molecule has 0 saturated carbocycles. The van der Waals surface area contributed by atoms with Gasteiger partial charge >= 0.3 is 5.63 Å². The van der Waals surface area contributed by atoms with Crippen molar-refractivity contribution in [2.45, 2.75) is 88.3 Å². The van der Waals surface area contributed by atoms with Gasteiger partial charge in [-0.1, -0.05) is 0 Å². The van der Waals surface area contributed by atoms with Gasteiger partial charge in [0, 0.05) is 17.0 Å². The normalized spacial score (nSPS) is 38.0. The Bertz CT molecular complexity index is 1180. The number of aryl methyl sites for hydroxylation is 1. The number of hydrogen-bond acceptors (Lipinski definition) is 9. The Labute approximate surface area is 197 Å². The van der Waals surface area contributed by atoms with Gasteiger partial charge in [-0.05, 0) is 71.9 Å². The summed E-state index contributed by atoms with van der Waals surface area (Å²) in [6.45, 7) is 5.78. The lowest BCUT2D eigenvalue weighted by Crippen LogP contribution is -2.85. The van der Waals surface area contributed by atoms with Crippen molar-refractivity contribution in [1.82, 2.24) is 0 Å². The maximum absolute atomic E-state index is 12.5. The first-order valence-electron chi connectivity index (χ1n) is 11.5. The molecular weight excluding hydrogens is 444 g/mol. The van der Waals surface area contributed by atoms with Crippen molar-refractivity contribution < 1.29 is 39.4 Å². The number of aromatic hydroxyl groups is 1. The largest absolute Gasteiger partial charge is 0.504 e. The van der Waals surface area contributed by atoms with Gasteiger partial charge in [0.05, 0.1) is 6.61 Å². The lowest BCUT2D eigenvalue weighted by atomic mass is 9.58. The summed E-state index contributed by atoms with van der Waals surface area (Å²) in [6.07, 6.45) is 3.23. The van der Waals surface area contributed by atoms with Gasteiger partial charge in [0.1, 0.15) is 40.2 Å². The fraction of sp³-hybridized carbons (Fsp3) is 0.640. The molecule has 5 atom stereocenters. The molecular formula is C25H34O9. The van der Waals surface area contributed by atoms with Crippen LogP contribution in [0.1, 0.15) is 58.6 Å². The van der Waals surface area contributed by atoms with Crippen molar-refractivity contribution in [3.05, 3.63) is 33.7 Å². The highest BCUT2D eigenvalue weighted by Gasteiger charge is 2.74. The maximum Gasteiger partial charge on any atom is 0.339 e. The zero-order valence-electron chi connectivity index (χ0n) is 20.3. The van der Waals surface area contributed by atoms with Crippen molar-refractivity contribution >= 4 is 11.0 Å². The van der Waals surface area contributed by atoms with Crippen LogP contribution in [0.25, 0.3) is 11.0 Å². The summed E-state index contributed by atoms with van der Waals surface area (Å²) in [5.74, 6) is -0.188. The number of hydrogen-bond donors (Lipinski definition) is 5. The van der Waals surface area contributed by atoms with E-state index in [1.54, 1.807) is 0 Å². The van der Waals surface area contributed by atoms with Crippen LogP contribution in [0, 0.1) is 0 Å². The van der Waals surface area contributed by atoms with Gasteiger partial charge < -0.3 is 39.4 Å². The Morgan fingerprint density at radius 1 is 0.912 bits per heavy atom. The van der Waals surface area contributed by atoms with E-state index in [4.69, 9.17) is 13.9 Å². The van der Waals surface area contributed by atoms with E-state index in [1.807, 2.05) is 0 Å². The Morgan fingerprint density at radius 2 is 1.50 bits per heavy atom. The van der Waals surface area contributed by atoms with E-state index in [-0.39, 0.29) is 23.7 Å². The molecule has 0 spiro atoms. The highest BCUT2D eigenvalue weighted by atomic mass is 16.6. The molecule has 1 aromatic carbocycles. The van der Waals surface area contributed by atoms with Crippen molar-refractivity contribution in [3.63, 3.8) is 0 Å². The molecule has 1 aliphatic heterocycles. The third-order valence-corrected chi connectivity index (χ3v) is 8.51. The van der Waals surface area contributed by atoms with Crippen LogP contribution >= 0.6 is 0 Å². The lowest BCUT2D eigenvalue weighted by Gasteiger charge is -2.65. The van der Waals surface area contributed by atoms with Crippen LogP contribution in [0.3, 0.4) is 0 Å². The molecule has 2 heterocycles. The third-order valence-electron chi connectivity index (χ3n) is 8.51. The first-order chi connectivity index (χ1) is 15.6. The number of aliphatic hydroxyl groups excluding tert-OH is 1. The van der Waals surface area contributed by atoms with E-state index in [9.17, 15) is 30.3 Å². The predicted molar refractivity (Wildman–Crippen MR) is 123 cm³/mol. The molecule has 0 bridgehead atoms. The molecule has 2 aliphatic rings. The topological polar surface area (TPSA) is 150 Å². The Hall–Kier alpha value is -2.17. The SMILES string of the molecule is CC1(CO)O[C@@](C)(COc2cc3oc(=O)c4c(c3cc2O)CCCC4)C(C)(O)C(C)(O)[C@@]1(C)O. The standard InChI is InChI=1S/C25H34O9/c1-21(12-26)23(3,29)25(5,31)24(4,30)22(2,34-21)13-32-19-11-18-16(10-17(19)27)14-8-6-7-9-15(14)20(28)33-18/h10-11,26-27,29-31H,6-9,12-13H2,1-5H3/t21?,22-,23-,24?,25?/m0/s1. The molecule has 4 rings (SSSR count). The monoisotopic (exact) mass is 478 g/mol. The maximum atomic E-state index is 12.5.